The van der Waals surface area contributed by atoms with E-state index in [0.29, 0.717) is 19.4 Å². The summed E-state index contributed by atoms with van der Waals surface area (Å²) in [6, 6.07) is 0. The van der Waals surface area contributed by atoms with Crippen molar-refractivity contribution in [1.29, 1.82) is 0 Å². The van der Waals surface area contributed by atoms with Gasteiger partial charge in [0.25, 0.3) is 0 Å². The van der Waals surface area contributed by atoms with Gasteiger partial charge in [-0.05, 0) is 19.3 Å². The van der Waals surface area contributed by atoms with E-state index < -0.39 is 5.97 Å². The second kappa shape index (κ2) is 11.4. The molecule has 0 radical (unpaired) electrons. The van der Waals surface area contributed by atoms with Gasteiger partial charge < -0.3 is 9.84 Å². The lowest BCUT2D eigenvalue weighted by atomic mass is 10.1. The molecule has 0 fully saturated rings. The molecule has 0 aliphatic carbocycles. The number of carboxylic acids is 1. The average Bonchev–Trinajstić information content (AvgIpc) is 2.29. The summed E-state index contributed by atoms with van der Waals surface area (Å²) >= 11 is 0. The standard InChI is InChI=1S/C13H24O4/c1-2-3-8-11-17-13(16)10-7-5-4-6-9-12(14)15/h2-11H2,1H3,(H,14,15). The van der Waals surface area contributed by atoms with E-state index in [1.807, 2.05) is 0 Å². The van der Waals surface area contributed by atoms with Gasteiger partial charge in [0.05, 0.1) is 6.61 Å². The van der Waals surface area contributed by atoms with Gasteiger partial charge in [0.2, 0.25) is 0 Å². The molecule has 0 bridgehead atoms. The van der Waals surface area contributed by atoms with Gasteiger partial charge in [-0.15, -0.1) is 0 Å². The van der Waals surface area contributed by atoms with Crippen molar-refractivity contribution >= 4 is 11.9 Å². The van der Waals surface area contributed by atoms with E-state index in [2.05, 4.69) is 6.92 Å². The largest absolute Gasteiger partial charge is 0.481 e. The molecule has 0 atom stereocenters. The van der Waals surface area contributed by atoms with Crippen LogP contribution in [0.1, 0.15) is 64.7 Å². The van der Waals surface area contributed by atoms with Crippen molar-refractivity contribution in [3.8, 4) is 0 Å². The number of esters is 1. The zero-order valence-corrected chi connectivity index (χ0v) is 10.7. The van der Waals surface area contributed by atoms with Crippen molar-refractivity contribution in [1.82, 2.24) is 0 Å². The third-order valence-electron chi connectivity index (χ3n) is 2.53. The molecule has 0 aromatic carbocycles. The van der Waals surface area contributed by atoms with E-state index in [0.717, 1.165) is 38.5 Å². The number of carbonyl (C=O) groups excluding carboxylic acids is 1. The highest BCUT2D eigenvalue weighted by molar-refractivity contribution is 5.69. The normalized spacial score (nSPS) is 10.2. The predicted molar refractivity (Wildman–Crippen MR) is 65.8 cm³/mol. The molecule has 0 saturated heterocycles. The lowest BCUT2D eigenvalue weighted by molar-refractivity contribution is -0.144. The first-order valence-electron chi connectivity index (χ1n) is 6.54. The summed E-state index contributed by atoms with van der Waals surface area (Å²) in [6.45, 7) is 2.64. The number of ether oxygens (including phenoxy) is 1. The quantitative estimate of drug-likeness (QED) is 0.448. The molecule has 100 valence electrons. The third kappa shape index (κ3) is 12.9. The van der Waals surface area contributed by atoms with Gasteiger partial charge in [0.15, 0.2) is 0 Å². The summed E-state index contributed by atoms with van der Waals surface area (Å²) in [5.41, 5.74) is 0. The molecule has 0 aliphatic heterocycles. The third-order valence-corrected chi connectivity index (χ3v) is 2.53. The molecule has 0 amide bonds. The fourth-order valence-corrected chi connectivity index (χ4v) is 1.51. The van der Waals surface area contributed by atoms with Crippen LogP contribution in [0.2, 0.25) is 0 Å². The van der Waals surface area contributed by atoms with Crippen LogP contribution in [0.15, 0.2) is 0 Å². The van der Waals surface area contributed by atoms with Crippen LogP contribution >= 0.6 is 0 Å². The van der Waals surface area contributed by atoms with Crippen LogP contribution in [0.25, 0.3) is 0 Å². The molecule has 0 spiro atoms. The second-order valence-corrected chi connectivity index (χ2v) is 4.24. The zero-order valence-electron chi connectivity index (χ0n) is 10.7. The summed E-state index contributed by atoms with van der Waals surface area (Å²) in [4.78, 5) is 21.5. The first-order chi connectivity index (χ1) is 8.16. The van der Waals surface area contributed by atoms with E-state index in [1.165, 1.54) is 0 Å². The predicted octanol–water partition coefficient (Wildman–Crippen LogP) is 3.15. The molecule has 0 aromatic heterocycles. The smallest absolute Gasteiger partial charge is 0.305 e. The van der Waals surface area contributed by atoms with Crippen molar-refractivity contribution in [2.24, 2.45) is 0 Å². The molecular formula is C13H24O4. The molecule has 0 aliphatic rings. The Labute approximate surface area is 103 Å². The van der Waals surface area contributed by atoms with Crippen LogP contribution in [0.4, 0.5) is 0 Å². The Hall–Kier alpha value is -1.06. The molecule has 4 heteroatoms. The lowest BCUT2D eigenvalue weighted by Crippen LogP contribution is -2.05. The van der Waals surface area contributed by atoms with Crippen molar-refractivity contribution in [3.05, 3.63) is 0 Å². The van der Waals surface area contributed by atoms with Crippen molar-refractivity contribution < 1.29 is 19.4 Å². The van der Waals surface area contributed by atoms with E-state index >= 15 is 0 Å². The number of carboxylic acid groups (broad SMARTS) is 1. The summed E-state index contributed by atoms with van der Waals surface area (Å²) in [5, 5.41) is 8.42. The molecule has 0 rings (SSSR count). The van der Waals surface area contributed by atoms with Crippen molar-refractivity contribution in [2.75, 3.05) is 6.61 Å². The minimum absolute atomic E-state index is 0.126. The number of hydrogen-bond donors (Lipinski definition) is 1. The first kappa shape index (κ1) is 15.9. The molecule has 0 heterocycles. The SMILES string of the molecule is CCCCCOC(=O)CCCCCCC(=O)O. The molecular weight excluding hydrogens is 220 g/mol. The Morgan fingerprint density at radius 3 is 2.18 bits per heavy atom. The summed E-state index contributed by atoms with van der Waals surface area (Å²) in [6.07, 6.45) is 7.12. The molecule has 0 aromatic rings. The molecule has 0 unspecified atom stereocenters. The van der Waals surface area contributed by atoms with Gasteiger partial charge in [0, 0.05) is 12.8 Å². The number of unbranched alkanes of at least 4 members (excludes halogenated alkanes) is 5. The maximum atomic E-state index is 11.2. The maximum Gasteiger partial charge on any atom is 0.305 e. The zero-order chi connectivity index (χ0) is 12.9. The van der Waals surface area contributed by atoms with E-state index in [-0.39, 0.29) is 12.4 Å². The van der Waals surface area contributed by atoms with Crippen LogP contribution in [0.5, 0.6) is 0 Å². The lowest BCUT2D eigenvalue weighted by Gasteiger charge is -2.04. The topological polar surface area (TPSA) is 63.6 Å². The van der Waals surface area contributed by atoms with Crippen LogP contribution in [0.3, 0.4) is 0 Å². The van der Waals surface area contributed by atoms with Gasteiger partial charge in [-0.25, -0.2) is 0 Å². The fourth-order valence-electron chi connectivity index (χ4n) is 1.51. The Bertz CT molecular complexity index is 213. The summed E-state index contributed by atoms with van der Waals surface area (Å²) < 4.78 is 5.06. The molecule has 4 nitrogen and oxygen atoms in total. The van der Waals surface area contributed by atoms with Crippen molar-refractivity contribution in [2.45, 2.75) is 64.7 Å². The Morgan fingerprint density at radius 1 is 0.941 bits per heavy atom. The van der Waals surface area contributed by atoms with Gasteiger partial charge in [-0.1, -0.05) is 32.6 Å². The van der Waals surface area contributed by atoms with Crippen LogP contribution in [-0.2, 0) is 14.3 Å². The van der Waals surface area contributed by atoms with Gasteiger partial charge >= 0.3 is 11.9 Å². The molecule has 0 saturated carbocycles. The number of carbonyl (C=O) groups is 2. The van der Waals surface area contributed by atoms with Crippen LogP contribution in [-0.4, -0.2) is 23.7 Å². The number of rotatable bonds is 11. The minimum Gasteiger partial charge on any atom is -0.481 e. The highest BCUT2D eigenvalue weighted by atomic mass is 16.5. The summed E-state index contributed by atoms with van der Waals surface area (Å²) in [7, 11) is 0. The highest BCUT2D eigenvalue weighted by Gasteiger charge is 2.02. The van der Waals surface area contributed by atoms with E-state index in [9.17, 15) is 9.59 Å². The first-order valence-corrected chi connectivity index (χ1v) is 6.54. The minimum atomic E-state index is -0.750. The van der Waals surface area contributed by atoms with Crippen LogP contribution in [0, 0.1) is 0 Å². The Morgan fingerprint density at radius 2 is 1.59 bits per heavy atom. The second-order valence-electron chi connectivity index (χ2n) is 4.24. The van der Waals surface area contributed by atoms with E-state index in [1.54, 1.807) is 0 Å². The van der Waals surface area contributed by atoms with Crippen molar-refractivity contribution in [3.63, 3.8) is 0 Å². The maximum absolute atomic E-state index is 11.2. The number of hydrogen-bond acceptors (Lipinski definition) is 3. The summed E-state index contributed by atoms with van der Waals surface area (Å²) in [5.74, 6) is -0.875. The molecule has 1 N–H and O–H groups in total. The van der Waals surface area contributed by atoms with Gasteiger partial charge in [0.1, 0.15) is 0 Å². The monoisotopic (exact) mass is 244 g/mol. The van der Waals surface area contributed by atoms with Crippen LogP contribution < -0.4 is 0 Å². The van der Waals surface area contributed by atoms with Gasteiger partial charge in [-0.2, -0.15) is 0 Å². The molecule has 17 heavy (non-hydrogen) atoms. The Kier molecular flexibility index (Phi) is 10.7. The Balaban J connectivity index is 3.19. The highest BCUT2D eigenvalue weighted by Crippen LogP contribution is 2.06. The van der Waals surface area contributed by atoms with E-state index in [4.69, 9.17) is 9.84 Å². The fraction of sp³-hybridized carbons (Fsp3) is 0.846. The average molecular weight is 244 g/mol. The van der Waals surface area contributed by atoms with Gasteiger partial charge in [-0.3, -0.25) is 9.59 Å². The number of aliphatic carboxylic acids is 1.